The van der Waals surface area contributed by atoms with E-state index in [1.807, 2.05) is 0 Å². The minimum atomic E-state index is 0. The third kappa shape index (κ3) is 5.41. The Hall–Kier alpha value is 1.16. The molecule has 0 amide bonds. The van der Waals surface area contributed by atoms with E-state index in [-0.39, 0.29) is 31.0 Å². The summed E-state index contributed by atoms with van der Waals surface area (Å²) in [6, 6.07) is 0. The first kappa shape index (κ1) is 12.2. The zero-order valence-corrected chi connectivity index (χ0v) is 10.2. The maximum atomic E-state index is 5.34. The van der Waals surface area contributed by atoms with Gasteiger partial charge in [-0.05, 0) is 11.9 Å². The molecule has 3 nitrogen and oxygen atoms in total. The van der Waals surface area contributed by atoms with Crippen LogP contribution < -0.4 is 35.3 Å². The van der Waals surface area contributed by atoms with E-state index in [0.29, 0.717) is 4.32 Å². The van der Waals surface area contributed by atoms with Gasteiger partial charge in [0.05, 0.1) is 13.2 Å². The molecular formula is C5H11N2NaOS2. The average Bonchev–Trinajstić information content (AvgIpc) is 1.88. The quantitative estimate of drug-likeness (QED) is 0.285. The summed E-state index contributed by atoms with van der Waals surface area (Å²) in [6.07, 6.45) is 0. The number of rotatable bonds is 1. The van der Waals surface area contributed by atoms with Gasteiger partial charge in [-0.3, -0.25) is 0 Å². The fourth-order valence-electron chi connectivity index (χ4n) is 0.765. The Morgan fingerprint density at radius 3 is 2.55 bits per heavy atom. The van der Waals surface area contributed by atoms with Gasteiger partial charge in [0.1, 0.15) is 4.32 Å². The molecule has 0 atom stereocenters. The molecule has 0 aliphatic carbocycles. The fraction of sp³-hybridized carbons (Fsp3) is 0.800. The summed E-state index contributed by atoms with van der Waals surface area (Å²) in [5.41, 5.74) is 5.34. The van der Waals surface area contributed by atoms with Gasteiger partial charge in [0.2, 0.25) is 0 Å². The van der Waals surface area contributed by atoms with Crippen LogP contribution in [0.1, 0.15) is 1.43 Å². The predicted molar refractivity (Wildman–Crippen MR) is 47.9 cm³/mol. The van der Waals surface area contributed by atoms with Crippen molar-refractivity contribution >= 4 is 28.5 Å². The molecule has 2 N–H and O–H groups in total. The first-order valence-corrected chi connectivity index (χ1v) is 4.27. The van der Waals surface area contributed by atoms with E-state index in [2.05, 4.69) is 4.31 Å². The molecule has 1 saturated heterocycles. The van der Waals surface area contributed by atoms with E-state index in [0.717, 1.165) is 26.3 Å². The Balaban J connectivity index is 0. The number of nitrogens with two attached hydrogens (primary N) is 1. The van der Waals surface area contributed by atoms with Crippen molar-refractivity contribution in [3.8, 4) is 0 Å². The number of hydrogen-bond donors (Lipinski definition) is 1. The molecule has 0 bridgehead atoms. The molecule has 1 heterocycles. The fourth-order valence-corrected chi connectivity index (χ4v) is 1.67. The normalized spacial score (nSPS) is 18.9. The Morgan fingerprint density at radius 2 is 2.09 bits per heavy atom. The van der Waals surface area contributed by atoms with E-state index in [1.54, 1.807) is 0 Å². The molecule has 1 aliphatic heterocycles. The number of hydrogen-bond acceptors (Lipinski definition) is 4. The molecule has 0 spiro atoms. The number of nitrogens with zero attached hydrogens (tertiary/aromatic N) is 1. The van der Waals surface area contributed by atoms with Crippen LogP contribution >= 0.6 is 24.2 Å². The number of morpholine rings is 1. The summed E-state index contributed by atoms with van der Waals surface area (Å²) in [5.74, 6) is 0. The summed E-state index contributed by atoms with van der Waals surface area (Å²) in [6.45, 7) is 3.41. The smallest absolute Gasteiger partial charge is 1.00 e. The molecule has 60 valence electrons. The van der Waals surface area contributed by atoms with Crippen LogP contribution in [-0.4, -0.2) is 34.9 Å². The van der Waals surface area contributed by atoms with Crippen molar-refractivity contribution in [1.82, 2.24) is 4.31 Å². The van der Waals surface area contributed by atoms with Crippen molar-refractivity contribution in [2.45, 2.75) is 0 Å². The standard InChI is InChI=1S/C5H10N2OS2.Na.H/c6-5(9)10-7-1-3-8-4-2-7;;/h1-4H2,(H2,6,9);;/q;+1;-1. The van der Waals surface area contributed by atoms with Crippen LogP contribution in [0.2, 0.25) is 0 Å². The van der Waals surface area contributed by atoms with Crippen molar-refractivity contribution in [3.63, 3.8) is 0 Å². The van der Waals surface area contributed by atoms with Gasteiger partial charge in [-0.2, -0.15) is 0 Å². The van der Waals surface area contributed by atoms with Crippen LogP contribution in [0, 0.1) is 0 Å². The van der Waals surface area contributed by atoms with Crippen molar-refractivity contribution in [1.29, 1.82) is 0 Å². The predicted octanol–water partition coefficient (Wildman–Crippen LogP) is -2.67. The van der Waals surface area contributed by atoms with Crippen molar-refractivity contribution in [2.75, 3.05) is 26.3 Å². The minimum absolute atomic E-state index is 0. The zero-order valence-electron chi connectivity index (χ0n) is 7.58. The van der Waals surface area contributed by atoms with E-state index < -0.39 is 0 Å². The van der Waals surface area contributed by atoms with Crippen molar-refractivity contribution < 1.29 is 35.7 Å². The Bertz CT molecular complexity index is 135. The molecular weight excluding hydrogens is 191 g/mol. The molecule has 0 radical (unpaired) electrons. The molecule has 0 unspecified atom stereocenters. The largest absolute Gasteiger partial charge is 1.00 e. The number of ether oxygens (including phenoxy) is 1. The van der Waals surface area contributed by atoms with Gasteiger partial charge in [0.15, 0.2) is 0 Å². The minimum Gasteiger partial charge on any atom is -1.00 e. The maximum Gasteiger partial charge on any atom is 1.00 e. The summed E-state index contributed by atoms with van der Waals surface area (Å²) >= 11 is 6.17. The SMILES string of the molecule is NC(=S)SN1CCOCC1.[H-].[Na+]. The second-order valence-corrected chi connectivity index (χ2v) is 3.79. The van der Waals surface area contributed by atoms with Crippen molar-refractivity contribution in [2.24, 2.45) is 5.73 Å². The molecule has 1 aliphatic rings. The maximum absolute atomic E-state index is 5.34. The third-order valence-electron chi connectivity index (χ3n) is 1.19. The number of thiocarbonyl (C=S) groups is 1. The van der Waals surface area contributed by atoms with E-state index in [9.17, 15) is 0 Å². The van der Waals surface area contributed by atoms with Crippen LogP contribution in [0.15, 0.2) is 0 Å². The van der Waals surface area contributed by atoms with Gasteiger partial charge in [0, 0.05) is 13.1 Å². The average molecular weight is 202 g/mol. The topological polar surface area (TPSA) is 38.5 Å². The molecule has 1 rings (SSSR count). The zero-order chi connectivity index (χ0) is 7.40. The summed E-state index contributed by atoms with van der Waals surface area (Å²) < 4.78 is 7.75. The van der Waals surface area contributed by atoms with E-state index in [4.69, 9.17) is 22.7 Å². The van der Waals surface area contributed by atoms with Crippen LogP contribution in [0.4, 0.5) is 0 Å². The Morgan fingerprint density at radius 1 is 1.55 bits per heavy atom. The van der Waals surface area contributed by atoms with Gasteiger partial charge in [-0.15, -0.1) is 0 Å². The van der Waals surface area contributed by atoms with Gasteiger partial charge >= 0.3 is 29.6 Å². The van der Waals surface area contributed by atoms with Crippen LogP contribution in [0.3, 0.4) is 0 Å². The Labute approximate surface area is 99.9 Å². The third-order valence-corrected chi connectivity index (χ3v) is 2.22. The summed E-state index contributed by atoms with van der Waals surface area (Å²) in [7, 11) is 0. The monoisotopic (exact) mass is 202 g/mol. The molecule has 0 aromatic rings. The van der Waals surface area contributed by atoms with Gasteiger partial charge in [-0.25, -0.2) is 4.31 Å². The van der Waals surface area contributed by atoms with Crippen LogP contribution in [0.25, 0.3) is 0 Å². The van der Waals surface area contributed by atoms with Crippen LogP contribution in [0.5, 0.6) is 0 Å². The van der Waals surface area contributed by atoms with Gasteiger partial charge in [-0.1, -0.05) is 12.2 Å². The van der Waals surface area contributed by atoms with Gasteiger partial charge < -0.3 is 11.9 Å². The second kappa shape index (κ2) is 6.65. The van der Waals surface area contributed by atoms with Crippen LogP contribution in [-0.2, 0) is 4.74 Å². The molecule has 0 aromatic carbocycles. The summed E-state index contributed by atoms with van der Waals surface area (Å²) in [4.78, 5) is 0. The second-order valence-electron chi connectivity index (χ2n) is 1.95. The Kier molecular flexibility index (Phi) is 7.35. The first-order chi connectivity index (χ1) is 4.79. The summed E-state index contributed by atoms with van der Waals surface area (Å²) in [5, 5.41) is 0. The molecule has 0 aromatic heterocycles. The first-order valence-electron chi connectivity index (χ1n) is 3.09. The molecule has 6 heteroatoms. The van der Waals surface area contributed by atoms with Gasteiger partial charge in [0.25, 0.3) is 0 Å². The molecule has 0 saturated carbocycles. The molecule has 1 fully saturated rings. The van der Waals surface area contributed by atoms with E-state index in [1.165, 1.54) is 11.9 Å². The van der Waals surface area contributed by atoms with Crippen molar-refractivity contribution in [3.05, 3.63) is 0 Å². The van der Waals surface area contributed by atoms with E-state index >= 15 is 0 Å². The molecule has 11 heavy (non-hydrogen) atoms.